The van der Waals surface area contributed by atoms with Crippen LogP contribution in [0.4, 0.5) is 11.4 Å². The summed E-state index contributed by atoms with van der Waals surface area (Å²) in [4.78, 5) is 72.2. The summed E-state index contributed by atoms with van der Waals surface area (Å²) in [6.45, 7) is 0. The van der Waals surface area contributed by atoms with E-state index in [4.69, 9.17) is 11.6 Å². The third-order valence-corrected chi connectivity index (χ3v) is 11.7. The SMILES string of the molecule is O=C(O)c1ccc(N2C(=O)[C@H]3[C@H](CC=C4[C@H]3C[C@H]3C(=O)N(c5cccc(Cl)c5)C(=O)[C@@]3(c3ccccc3)[C@H]4c3cc(Br)ccc3O)C2=O)cc1O. The summed E-state index contributed by atoms with van der Waals surface area (Å²) in [7, 11) is 0. The molecule has 4 aromatic rings. The van der Waals surface area contributed by atoms with Crippen LogP contribution in [0.1, 0.15) is 40.2 Å². The van der Waals surface area contributed by atoms with Crippen molar-refractivity contribution in [2.45, 2.75) is 24.2 Å². The molecule has 2 aliphatic carbocycles. The Kier molecular flexibility index (Phi) is 7.69. The van der Waals surface area contributed by atoms with Gasteiger partial charge in [-0.3, -0.25) is 19.2 Å². The number of fused-ring (bicyclic) bond motifs is 4. The van der Waals surface area contributed by atoms with Crippen molar-refractivity contribution in [1.82, 2.24) is 0 Å². The number of carbonyl (C=O) groups excluding carboxylic acids is 4. The highest BCUT2D eigenvalue weighted by molar-refractivity contribution is 9.10. The standard InChI is InChI=1S/C39H28BrClN2O8/c40-20-9-14-30(44)28(15-20)33-24-12-13-26-32(36(48)42(34(26)46)23-10-11-25(37(49)50)31(45)17-23)27(24)18-29-35(47)43(22-8-4-7-21(41)16-22)38(51)39(29,33)19-5-2-1-3-6-19/h1-12,14-17,26-27,29,32-33,44-45H,13,18H2,(H,49,50)/t26-,27+,29-,32-,33+,39+/m0/s1. The number of hydrogen-bond acceptors (Lipinski definition) is 7. The van der Waals surface area contributed by atoms with Crippen LogP contribution < -0.4 is 9.80 Å². The summed E-state index contributed by atoms with van der Waals surface area (Å²) < 4.78 is 0.623. The Hall–Kier alpha value is -5.26. The number of amides is 4. The molecule has 2 saturated heterocycles. The molecule has 2 heterocycles. The highest BCUT2D eigenvalue weighted by atomic mass is 79.9. The number of imide groups is 2. The number of phenols is 2. The van der Waals surface area contributed by atoms with E-state index in [9.17, 15) is 34.5 Å². The van der Waals surface area contributed by atoms with E-state index in [1.807, 2.05) is 12.1 Å². The molecule has 10 nitrogen and oxygen atoms in total. The van der Waals surface area contributed by atoms with Gasteiger partial charge in [0.15, 0.2) is 0 Å². The Balaban J connectivity index is 1.34. The molecule has 4 amide bonds. The number of aromatic hydroxyl groups is 2. The minimum absolute atomic E-state index is 0.0262. The molecule has 4 aromatic carbocycles. The number of nitrogens with zero attached hydrogens (tertiary/aromatic N) is 2. The van der Waals surface area contributed by atoms with E-state index in [1.165, 1.54) is 12.1 Å². The summed E-state index contributed by atoms with van der Waals surface area (Å²) >= 11 is 9.89. The maximum absolute atomic E-state index is 15.3. The molecule has 0 bridgehead atoms. The molecular weight excluding hydrogens is 740 g/mol. The van der Waals surface area contributed by atoms with Gasteiger partial charge in [-0.15, -0.1) is 0 Å². The Morgan fingerprint density at radius 1 is 0.784 bits per heavy atom. The van der Waals surface area contributed by atoms with Crippen LogP contribution in [0.2, 0.25) is 5.02 Å². The summed E-state index contributed by atoms with van der Waals surface area (Å²) in [5.41, 5.74) is -0.0223. The first-order chi connectivity index (χ1) is 24.4. The number of carboxylic acids is 1. The first-order valence-corrected chi connectivity index (χ1v) is 17.4. The lowest BCUT2D eigenvalue weighted by Crippen LogP contribution is -2.53. The lowest BCUT2D eigenvalue weighted by atomic mass is 9.49. The zero-order valence-electron chi connectivity index (χ0n) is 26.6. The van der Waals surface area contributed by atoms with Crippen LogP contribution in [-0.4, -0.2) is 44.9 Å². The molecule has 1 saturated carbocycles. The van der Waals surface area contributed by atoms with Gasteiger partial charge in [-0.2, -0.15) is 0 Å². The fourth-order valence-corrected chi connectivity index (χ4v) is 9.50. The number of benzene rings is 4. The molecule has 0 aromatic heterocycles. The van der Waals surface area contributed by atoms with Gasteiger partial charge < -0.3 is 15.3 Å². The fraction of sp³-hybridized carbons (Fsp3) is 0.205. The molecule has 256 valence electrons. The number of carboxylic acid groups (broad SMARTS) is 1. The zero-order chi connectivity index (χ0) is 35.9. The zero-order valence-corrected chi connectivity index (χ0v) is 28.9. The van der Waals surface area contributed by atoms with Crippen LogP contribution in [0, 0.1) is 23.7 Å². The van der Waals surface area contributed by atoms with Crippen molar-refractivity contribution in [3.05, 3.63) is 129 Å². The molecule has 3 fully saturated rings. The Labute approximate surface area is 304 Å². The normalized spacial score (nSPS) is 26.9. The summed E-state index contributed by atoms with van der Waals surface area (Å²) in [5, 5.41) is 31.7. The quantitative estimate of drug-likeness (QED) is 0.152. The second-order valence-corrected chi connectivity index (χ2v) is 14.7. The van der Waals surface area contributed by atoms with Crippen molar-refractivity contribution in [3.63, 3.8) is 0 Å². The van der Waals surface area contributed by atoms with Crippen molar-refractivity contribution in [3.8, 4) is 11.5 Å². The molecule has 8 rings (SSSR count). The third kappa shape index (κ3) is 4.71. The predicted octanol–water partition coefficient (Wildman–Crippen LogP) is 6.58. The van der Waals surface area contributed by atoms with Gasteiger partial charge in [0, 0.05) is 27.0 Å². The first kappa shape index (κ1) is 32.9. The number of halogens is 2. The molecule has 0 spiro atoms. The molecular formula is C39H28BrClN2O8. The maximum atomic E-state index is 15.3. The molecule has 6 atom stereocenters. The van der Waals surface area contributed by atoms with Crippen LogP contribution in [0.15, 0.2) is 107 Å². The second-order valence-electron chi connectivity index (χ2n) is 13.3. The van der Waals surface area contributed by atoms with Crippen molar-refractivity contribution >= 4 is 68.5 Å². The molecule has 12 heteroatoms. The average molecular weight is 768 g/mol. The first-order valence-electron chi connectivity index (χ1n) is 16.3. The number of carbonyl (C=O) groups is 5. The predicted molar refractivity (Wildman–Crippen MR) is 189 cm³/mol. The van der Waals surface area contributed by atoms with Crippen LogP contribution in [-0.2, 0) is 24.6 Å². The lowest BCUT2D eigenvalue weighted by Gasteiger charge is -2.50. The summed E-state index contributed by atoms with van der Waals surface area (Å²) in [6.07, 6.45) is 2.06. The van der Waals surface area contributed by atoms with Crippen LogP contribution >= 0.6 is 27.5 Å². The monoisotopic (exact) mass is 766 g/mol. The van der Waals surface area contributed by atoms with Crippen LogP contribution in [0.25, 0.3) is 0 Å². The van der Waals surface area contributed by atoms with Crippen LogP contribution in [0.5, 0.6) is 11.5 Å². The highest BCUT2D eigenvalue weighted by Crippen LogP contribution is 2.65. The number of allylic oxidation sites excluding steroid dienone is 2. The van der Waals surface area contributed by atoms with Gasteiger partial charge in [0.05, 0.1) is 34.5 Å². The fourth-order valence-electron chi connectivity index (χ4n) is 8.94. The van der Waals surface area contributed by atoms with E-state index in [1.54, 1.807) is 60.7 Å². The largest absolute Gasteiger partial charge is 0.508 e. The third-order valence-electron chi connectivity index (χ3n) is 10.9. The molecule has 0 radical (unpaired) electrons. The Bertz CT molecular complexity index is 2240. The summed E-state index contributed by atoms with van der Waals surface area (Å²) in [5.74, 6) is -8.53. The van der Waals surface area contributed by atoms with E-state index in [2.05, 4.69) is 15.9 Å². The lowest BCUT2D eigenvalue weighted by molar-refractivity contribution is -0.127. The van der Waals surface area contributed by atoms with E-state index in [0.29, 0.717) is 26.2 Å². The number of anilines is 2. The van der Waals surface area contributed by atoms with E-state index in [-0.39, 0.29) is 35.5 Å². The van der Waals surface area contributed by atoms with Gasteiger partial charge in [-0.05, 0) is 72.9 Å². The van der Waals surface area contributed by atoms with Crippen LogP contribution in [0.3, 0.4) is 0 Å². The van der Waals surface area contributed by atoms with Gasteiger partial charge in [0.1, 0.15) is 17.1 Å². The molecule has 0 unspecified atom stereocenters. The van der Waals surface area contributed by atoms with Crippen molar-refractivity contribution in [2.75, 3.05) is 9.80 Å². The Morgan fingerprint density at radius 3 is 2.24 bits per heavy atom. The van der Waals surface area contributed by atoms with Crippen molar-refractivity contribution in [1.29, 1.82) is 0 Å². The Morgan fingerprint density at radius 2 is 1.53 bits per heavy atom. The molecule has 3 N–H and O–H groups in total. The second kappa shape index (κ2) is 11.9. The number of phenolic OH excluding ortho intramolecular Hbond substituents is 1. The van der Waals surface area contributed by atoms with E-state index < -0.39 is 70.4 Å². The average Bonchev–Trinajstić information content (AvgIpc) is 3.50. The highest BCUT2D eigenvalue weighted by Gasteiger charge is 2.70. The van der Waals surface area contributed by atoms with E-state index >= 15 is 4.79 Å². The molecule has 2 aliphatic heterocycles. The molecule has 4 aliphatic rings. The minimum atomic E-state index is -1.56. The molecule has 51 heavy (non-hydrogen) atoms. The van der Waals surface area contributed by atoms with Crippen molar-refractivity contribution in [2.24, 2.45) is 23.7 Å². The maximum Gasteiger partial charge on any atom is 0.339 e. The minimum Gasteiger partial charge on any atom is -0.508 e. The van der Waals surface area contributed by atoms with Gasteiger partial charge in [0.25, 0.3) is 0 Å². The van der Waals surface area contributed by atoms with Gasteiger partial charge in [0.2, 0.25) is 23.6 Å². The van der Waals surface area contributed by atoms with Gasteiger partial charge in [-0.25, -0.2) is 14.6 Å². The summed E-state index contributed by atoms with van der Waals surface area (Å²) in [6, 6.07) is 23.9. The number of rotatable bonds is 5. The topological polar surface area (TPSA) is 153 Å². The number of hydrogen-bond donors (Lipinski definition) is 3. The smallest absolute Gasteiger partial charge is 0.339 e. The van der Waals surface area contributed by atoms with Gasteiger partial charge >= 0.3 is 5.97 Å². The number of aromatic carboxylic acids is 1. The van der Waals surface area contributed by atoms with Gasteiger partial charge in [-0.1, -0.05) is 75.6 Å². The van der Waals surface area contributed by atoms with E-state index in [0.717, 1.165) is 21.9 Å². The van der Waals surface area contributed by atoms with Crippen molar-refractivity contribution < 1.29 is 39.3 Å².